The van der Waals surface area contributed by atoms with E-state index in [9.17, 15) is 14.4 Å². The number of hydrogen-bond acceptors (Lipinski definition) is 7. The van der Waals surface area contributed by atoms with Crippen LogP contribution in [-0.4, -0.2) is 80.7 Å². The third-order valence-corrected chi connectivity index (χ3v) is 5.54. The Hall–Kier alpha value is -3.31. The van der Waals surface area contributed by atoms with Crippen LogP contribution in [0.2, 0.25) is 0 Å². The van der Waals surface area contributed by atoms with Crippen LogP contribution in [0, 0.1) is 5.92 Å². The molecule has 0 saturated carbocycles. The van der Waals surface area contributed by atoms with Gasteiger partial charge in [-0.15, -0.1) is 0 Å². The zero-order chi connectivity index (χ0) is 27.3. The Balaban J connectivity index is 2.70. The molecule has 202 valence electrons. The zero-order valence-corrected chi connectivity index (χ0v) is 22.2. The van der Waals surface area contributed by atoms with Crippen molar-refractivity contribution in [3.8, 4) is 0 Å². The topological polar surface area (TPSA) is 155 Å². The normalized spacial score (nSPS) is 12.6. The first-order valence-electron chi connectivity index (χ1n) is 12.1. The molecule has 36 heavy (non-hydrogen) atoms. The molecule has 0 aromatic heterocycles. The first-order chi connectivity index (χ1) is 16.9. The molecule has 0 heterocycles. The number of nitrogens with two attached hydrogens (primary N) is 2. The van der Waals surface area contributed by atoms with Gasteiger partial charge in [0, 0.05) is 38.1 Å². The summed E-state index contributed by atoms with van der Waals surface area (Å²) in [6, 6.07) is 5.74. The number of primary amides is 1. The fourth-order valence-electron chi connectivity index (χ4n) is 3.08. The molecule has 1 aromatic rings. The molecule has 0 aliphatic carbocycles. The molecule has 0 aliphatic heterocycles. The van der Waals surface area contributed by atoms with Crippen molar-refractivity contribution < 1.29 is 19.1 Å². The predicted octanol–water partition coefficient (Wildman–Crippen LogP) is 1.66. The lowest BCUT2D eigenvalue weighted by Crippen LogP contribution is -2.49. The maximum Gasteiger partial charge on any atom is 0.409 e. The second kappa shape index (κ2) is 15.6. The van der Waals surface area contributed by atoms with Gasteiger partial charge >= 0.3 is 12.1 Å². The van der Waals surface area contributed by atoms with Crippen LogP contribution in [0.4, 0.5) is 15.3 Å². The minimum atomic E-state index is -0.645. The quantitative estimate of drug-likeness (QED) is 0.227. The maximum absolute atomic E-state index is 12.5. The van der Waals surface area contributed by atoms with Gasteiger partial charge in [0.15, 0.2) is 0 Å². The molecular formula is C25H43N7O4. The second-order valence-corrected chi connectivity index (χ2v) is 9.39. The second-order valence-electron chi connectivity index (χ2n) is 9.39. The number of likely N-dealkylation sites (N-methyl/N-ethyl adjacent to an activating group) is 2. The average molecular weight is 506 g/mol. The standard InChI is InChI=1S/C25H43N7O4/c1-17(2)22(26)23(33)30-21(8-7-13-28-24(27)34)18(3)29-20-11-9-19(10-12-20)16-36-25(35)32(6)15-14-31(4)5/h9-12,17,21-22,29H,3,7-8,13-16,26H2,1-2,4-6H3,(H,30,33)(H3,27,28,34)/t21-,22-/m0/s1. The van der Waals surface area contributed by atoms with Gasteiger partial charge < -0.3 is 42.0 Å². The summed E-state index contributed by atoms with van der Waals surface area (Å²) in [5.41, 5.74) is 13.3. The Labute approximate surface area is 214 Å². The van der Waals surface area contributed by atoms with Crippen LogP contribution in [0.5, 0.6) is 0 Å². The van der Waals surface area contributed by atoms with Crippen LogP contribution in [0.3, 0.4) is 0 Å². The van der Waals surface area contributed by atoms with E-state index in [1.807, 2.05) is 57.1 Å². The average Bonchev–Trinajstić information content (AvgIpc) is 2.82. The lowest BCUT2D eigenvalue weighted by Gasteiger charge is -2.25. The Morgan fingerprint density at radius 2 is 1.72 bits per heavy atom. The molecule has 11 heteroatoms. The number of benzene rings is 1. The Morgan fingerprint density at radius 1 is 1.08 bits per heavy atom. The van der Waals surface area contributed by atoms with Crippen molar-refractivity contribution in [2.24, 2.45) is 17.4 Å². The van der Waals surface area contributed by atoms with Crippen molar-refractivity contribution >= 4 is 23.7 Å². The number of carbonyl (C=O) groups excluding carboxylic acids is 3. The van der Waals surface area contributed by atoms with Crippen molar-refractivity contribution in [2.45, 2.75) is 45.4 Å². The van der Waals surface area contributed by atoms with Crippen molar-refractivity contribution in [1.82, 2.24) is 20.4 Å². The third kappa shape index (κ3) is 11.9. The first-order valence-corrected chi connectivity index (χ1v) is 12.1. The van der Waals surface area contributed by atoms with E-state index in [2.05, 4.69) is 22.5 Å². The highest BCUT2D eigenvalue weighted by Gasteiger charge is 2.22. The minimum Gasteiger partial charge on any atom is -0.445 e. The number of nitrogens with zero attached hydrogens (tertiary/aromatic N) is 2. The van der Waals surface area contributed by atoms with E-state index in [0.717, 1.165) is 17.8 Å². The van der Waals surface area contributed by atoms with Gasteiger partial charge in [-0.25, -0.2) is 9.59 Å². The van der Waals surface area contributed by atoms with E-state index in [0.29, 0.717) is 31.6 Å². The van der Waals surface area contributed by atoms with E-state index < -0.39 is 18.1 Å². The van der Waals surface area contributed by atoms with Gasteiger partial charge in [-0.2, -0.15) is 0 Å². The minimum absolute atomic E-state index is 0.0159. The molecule has 4 amide bonds. The van der Waals surface area contributed by atoms with E-state index in [-0.39, 0.29) is 24.5 Å². The SMILES string of the molecule is C=C(Nc1ccc(COC(=O)N(C)CCN(C)C)cc1)[C@H](CCCNC(N)=O)NC(=O)[C@@H](N)C(C)C. The molecule has 0 radical (unpaired) electrons. The summed E-state index contributed by atoms with van der Waals surface area (Å²) < 4.78 is 5.37. The summed E-state index contributed by atoms with van der Waals surface area (Å²) in [5, 5.41) is 8.70. The van der Waals surface area contributed by atoms with Crippen LogP contribution in [-0.2, 0) is 16.1 Å². The summed E-state index contributed by atoms with van der Waals surface area (Å²) in [6.45, 7) is 9.72. The monoisotopic (exact) mass is 505 g/mol. The van der Waals surface area contributed by atoms with E-state index in [1.165, 1.54) is 0 Å². The van der Waals surface area contributed by atoms with Crippen LogP contribution in [0.25, 0.3) is 0 Å². The lowest BCUT2D eigenvalue weighted by molar-refractivity contribution is -0.123. The van der Waals surface area contributed by atoms with Gasteiger partial charge in [-0.1, -0.05) is 32.6 Å². The zero-order valence-electron chi connectivity index (χ0n) is 22.2. The fourth-order valence-corrected chi connectivity index (χ4v) is 3.08. The molecule has 0 bridgehead atoms. The summed E-state index contributed by atoms with van der Waals surface area (Å²) >= 11 is 0. The number of hydrogen-bond donors (Lipinski definition) is 5. The number of rotatable bonds is 15. The number of anilines is 1. The molecular weight excluding hydrogens is 462 g/mol. The van der Waals surface area contributed by atoms with Crippen LogP contribution in [0.15, 0.2) is 36.5 Å². The van der Waals surface area contributed by atoms with Gasteiger partial charge in [-0.3, -0.25) is 4.79 Å². The number of nitrogens with one attached hydrogen (secondary N) is 3. The van der Waals surface area contributed by atoms with Gasteiger partial charge in [0.25, 0.3) is 0 Å². The first kappa shape index (κ1) is 30.7. The Kier molecular flexibility index (Phi) is 13.3. The number of ether oxygens (including phenoxy) is 1. The van der Waals surface area contributed by atoms with Gasteiger partial charge in [-0.05, 0) is 50.6 Å². The summed E-state index contributed by atoms with van der Waals surface area (Å²) in [5.74, 6) is -0.286. The summed E-state index contributed by atoms with van der Waals surface area (Å²) in [6.07, 6.45) is 0.730. The van der Waals surface area contributed by atoms with E-state index >= 15 is 0 Å². The molecule has 1 aromatic carbocycles. The van der Waals surface area contributed by atoms with Crippen molar-refractivity contribution in [1.29, 1.82) is 0 Å². The molecule has 2 atom stereocenters. The lowest BCUT2D eigenvalue weighted by atomic mass is 10.0. The molecule has 0 fully saturated rings. The number of urea groups is 1. The smallest absolute Gasteiger partial charge is 0.409 e. The highest BCUT2D eigenvalue weighted by atomic mass is 16.6. The largest absolute Gasteiger partial charge is 0.445 e. The highest BCUT2D eigenvalue weighted by molar-refractivity contribution is 5.82. The summed E-state index contributed by atoms with van der Waals surface area (Å²) in [4.78, 5) is 39.1. The molecule has 7 N–H and O–H groups in total. The van der Waals surface area contributed by atoms with E-state index in [4.69, 9.17) is 16.2 Å². The van der Waals surface area contributed by atoms with Crippen molar-refractivity contribution in [3.63, 3.8) is 0 Å². The van der Waals surface area contributed by atoms with Gasteiger partial charge in [0.1, 0.15) is 6.61 Å². The van der Waals surface area contributed by atoms with E-state index in [1.54, 1.807) is 11.9 Å². The predicted molar refractivity (Wildman–Crippen MR) is 142 cm³/mol. The van der Waals surface area contributed by atoms with Gasteiger partial charge in [0.05, 0.1) is 12.1 Å². The molecule has 0 unspecified atom stereocenters. The Morgan fingerprint density at radius 3 is 2.28 bits per heavy atom. The number of carbonyl (C=O) groups is 3. The molecule has 0 aliphatic rings. The molecule has 11 nitrogen and oxygen atoms in total. The van der Waals surface area contributed by atoms with Crippen LogP contribution < -0.4 is 27.4 Å². The highest BCUT2D eigenvalue weighted by Crippen LogP contribution is 2.16. The third-order valence-electron chi connectivity index (χ3n) is 5.54. The Bertz CT molecular complexity index is 858. The molecule has 0 saturated heterocycles. The molecule has 1 rings (SSSR count). The van der Waals surface area contributed by atoms with Gasteiger partial charge in [0.2, 0.25) is 5.91 Å². The van der Waals surface area contributed by atoms with Crippen LogP contribution in [0.1, 0.15) is 32.3 Å². The maximum atomic E-state index is 12.5. The fraction of sp³-hybridized carbons (Fsp3) is 0.560. The van der Waals surface area contributed by atoms with Crippen molar-refractivity contribution in [3.05, 3.63) is 42.1 Å². The summed E-state index contributed by atoms with van der Waals surface area (Å²) in [7, 11) is 5.60. The number of amides is 4. The molecule has 0 spiro atoms. The van der Waals surface area contributed by atoms with Crippen molar-refractivity contribution in [2.75, 3.05) is 46.1 Å². The van der Waals surface area contributed by atoms with Crippen LogP contribution >= 0.6 is 0 Å².